The van der Waals surface area contributed by atoms with Gasteiger partial charge in [0.25, 0.3) is 0 Å². The highest BCUT2D eigenvalue weighted by Gasteiger charge is 2.02. The summed E-state index contributed by atoms with van der Waals surface area (Å²) in [5, 5.41) is 3.30. The number of benzene rings is 1. The molecular formula is C13H20BrNO2. The lowest BCUT2D eigenvalue weighted by atomic mass is 10.3. The first-order valence-electron chi connectivity index (χ1n) is 5.93. The molecule has 4 heteroatoms. The second kappa shape index (κ2) is 8.37. The number of rotatable bonds is 8. The third kappa shape index (κ3) is 5.41. The minimum atomic E-state index is 0.718. The molecule has 0 aromatic heterocycles. The lowest BCUT2D eigenvalue weighted by molar-refractivity contribution is 0.141. The molecule has 1 aromatic rings. The fourth-order valence-electron chi connectivity index (χ4n) is 1.42. The molecule has 0 fully saturated rings. The van der Waals surface area contributed by atoms with Crippen molar-refractivity contribution in [2.75, 3.05) is 32.2 Å². The molecule has 0 saturated carbocycles. The molecule has 0 aliphatic carbocycles. The van der Waals surface area contributed by atoms with Crippen LogP contribution in [0.5, 0.6) is 5.75 Å². The third-order valence-corrected chi connectivity index (χ3v) is 2.86. The van der Waals surface area contributed by atoms with Gasteiger partial charge in [-0.2, -0.15) is 0 Å². The van der Waals surface area contributed by atoms with Gasteiger partial charge in [-0.05, 0) is 24.6 Å². The standard InChI is InChI=1S/C13H20BrNO2/c1-3-4-8-17-9-7-15-12-10-11(14)5-6-13(12)16-2/h5-6,10,15H,3-4,7-9H2,1-2H3. The zero-order valence-corrected chi connectivity index (χ0v) is 12.0. The number of ether oxygens (including phenoxy) is 2. The molecule has 0 radical (unpaired) electrons. The highest BCUT2D eigenvalue weighted by Crippen LogP contribution is 2.27. The van der Waals surface area contributed by atoms with E-state index in [1.807, 2.05) is 18.2 Å². The summed E-state index contributed by atoms with van der Waals surface area (Å²) in [5.74, 6) is 0.849. The van der Waals surface area contributed by atoms with Gasteiger partial charge >= 0.3 is 0 Å². The molecule has 96 valence electrons. The summed E-state index contributed by atoms with van der Waals surface area (Å²) in [7, 11) is 1.67. The van der Waals surface area contributed by atoms with Crippen LogP contribution in [0.3, 0.4) is 0 Å². The Morgan fingerprint density at radius 1 is 1.29 bits per heavy atom. The maximum atomic E-state index is 5.48. The maximum Gasteiger partial charge on any atom is 0.142 e. The van der Waals surface area contributed by atoms with Gasteiger partial charge in [-0.25, -0.2) is 0 Å². The van der Waals surface area contributed by atoms with E-state index in [-0.39, 0.29) is 0 Å². The molecule has 0 aliphatic rings. The summed E-state index contributed by atoms with van der Waals surface area (Å²) in [6.07, 6.45) is 2.30. The van der Waals surface area contributed by atoms with Crippen molar-refractivity contribution in [3.05, 3.63) is 22.7 Å². The van der Waals surface area contributed by atoms with Gasteiger partial charge in [0, 0.05) is 17.6 Å². The monoisotopic (exact) mass is 301 g/mol. The molecule has 0 atom stereocenters. The molecule has 0 saturated heterocycles. The first-order valence-corrected chi connectivity index (χ1v) is 6.72. The first-order chi connectivity index (χ1) is 8.27. The number of anilines is 1. The van der Waals surface area contributed by atoms with Crippen LogP contribution in [0.1, 0.15) is 19.8 Å². The lowest BCUT2D eigenvalue weighted by Gasteiger charge is -2.11. The van der Waals surface area contributed by atoms with Crippen molar-refractivity contribution in [2.45, 2.75) is 19.8 Å². The van der Waals surface area contributed by atoms with Gasteiger partial charge in [0.05, 0.1) is 19.4 Å². The Balaban J connectivity index is 2.32. The number of hydrogen-bond acceptors (Lipinski definition) is 3. The van der Waals surface area contributed by atoms with Gasteiger partial charge in [0.15, 0.2) is 0 Å². The van der Waals surface area contributed by atoms with Crippen LogP contribution in [-0.2, 0) is 4.74 Å². The molecule has 3 nitrogen and oxygen atoms in total. The summed E-state index contributed by atoms with van der Waals surface area (Å²) in [6.45, 7) is 4.51. The highest BCUT2D eigenvalue weighted by atomic mass is 79.9. The number of methoxy groups -OCH3 is 1. The summed E-state index contributed by atoms with van der Waals surface area (Å²) in [4.78, 5) is 0. The van der Waals surface area contributed by atoms with Crippen molar-refractivity contribution in [1.29, 1.82) is 0 Å². The van der Waals surface area contributed by atoms with E-state index in [0.29, 0.717) is 0 Å². The van der Waals surface area contributed by atoms with Gasteiger partial charge < -0.3 is 14.8 Å². The molecule has 0 spiro atoms. The number of halogens is 1. The van der Waals surface area contributed by atoms with Crippen molar-refractivity contribution in [2.24, 2.45) is 0 Å². The van der Waals surface area contributed by atoms with E-state index < -0.39 is 0 Å². The number of hydrogen-bond donors (Lipinski definition) is 1. The van der Waals surface area contributed by atoms with Crippen LogP contribution in [0, 0.1) is 0 Å². The second-order valence-electron chi connectivity index (χ2n) is 3.74. The van der Waals surface area contributed by atoms with Crippen molar-refractivity contribution < 1.29 is 9.47 Å². The smallest absolute Gasteiger partial charge is 0.142 e. The fourth-order valence-corrected chi connectivity index (χ4v) is 1.79. The van der Waals surface area contributed by atoms with E-state index in [4.69, 9.17) is 9.47 Å². The predicted octanol–water partition coefficient (Wildman–Crippen LogP) is 3.69. The quantitative estimate of drug-likeness (QED) is 0.743. The van der Waals surface area contributed by atoms with Gasteiger partial charge in [-0.3, -0.25) is 0 Å². The third-order valence-electron chi connectivity index (χ3n) is 2.37. The molecule has 0 aliphatic heterocycles. The van der Waals surface area contributed by atoms with Gasteiger partial charge in [-0.1, -0.05) is 29.3 Å². The average Bonchev–Trinajstić information content (AvgIpc) is 2.34. The van der Waals surface area contributed by atoms with Gasteiger partial charge in [-0.15, -0.1) is 0 Å². The van der Waals surface area contributed by atoms with Gasteiger partial charge in [0.2, 0.25) is 0 Å². The normalized spacial score (nSPS) is 10.3. The Morgan fingerprint density at radius 2 is 2.12 bits per heavy atom. The fraction of sp³-hybridized carbons (Fsp3) is 0.538. The minimum Gasteiger partial charge on any atom is -0.495 e. The van der Waals surface area contributed by atoms with E-state index in [1.165, 1.54) is 6.42 Å². The van der Waals surface area contributed by atoms with E-state index in [1.54, 1.807) is 7.11 Å². The van der Waals surface area contributed by atoms with Crippen LogP contribution in [0.15, 0.2) is 22.7 Å². The van der Waals surface area contributed by atoms with Crippen molar-refractivity contribution >= 4 is 21.6 Å². The van der Waals surface area contributed by atoms with Gasteiger partial charge in [0.1, 0.15) is 5.75 Å². The molecule has 0 amide bonds. The van der Waals surface area contributed by atoms with Crippen LogP contribution >= 0.6 is 15.9 Å². The molecular weight excluding hydrogens is 282 g/mol. The van der Waals surface area contributed by atoms with Crippen LogP contribution in [0.4, 0.5) is 5.69 Å². The Labute approximate surface area is 112 Å². The summed E-state index contributed by atoms with van der Waals surface area (Å²) in [6, 6.07) is 5.90. The SMILES string of the molecule is CCCCOCCNc1cc(Br)ccc1OC. The molecule has 0 heterocycles. The summed E-state index contributed by atoms with van der Waals surface area (Å²) >= 11 is 3.44. The number of nitrogens with one attached hydrogen (secondary N) is 1. The zero-order chi connectivity index (χ0) is 12.5. The molecule has 17 heavy (non-hydrogen) atoms. The largest absolute Gasteiger partial charge is 0.495 e. The molecule has 0 bridgehead atoms. The molecule has 1 rings (SSSR count). The Bertz CT molecular complexity index is 331. The van der Waals surface area contributed by atoms with E-state index in [2.05, 4.69) is 28.2 Å². The molecule has 1 N–H and O–H groups in total. The zero-order valence-electron chi connectivity index (χ0n) is 10.5. The van der Waals surface area contributed by atoms with Crippen LogP contribution in [0.2, 0.25) is 0 Å². The van der Waals surface area contributed by atoms with E-state index in [0.717, 1.165) is 42.1 Å². The lowest BCUT2D eigenvalue weighted by Crippen LogP contribution is -2.10. The molecule has 0 unspecified atom stereocenters. The summed E-state index contributed by atoms with van der Waals surface area (Å²) < 4.78 is 11.8. The van der Waals surface area contributed by atoms with Crippen molar-refractivity contribution in [1.82, 2.24) is 0 Å². The van der Waals surface area contributed by atoms with Crippen molar-refractivity contribution in [3.63, 3.8) is 0 Å². The topological polar surface area (TPSA) is 30.5 Å². The number of unbranched alkanes of at least 4 members (excludes halogenated alkanes) is 1. The van der Waals surface area contributed by atoms with E-state index >= 15 is 0 Å². The predicted molar refractivity (Wildman–Crippen MR) is 74.9 cm³/mol. The van der Waals surface area contributed by atoms with Crippen molar-refractivity contribution in [3.8, 4) is 5.75 Å². The first kappa shape index (κ1) is 14.3. The van der Waals surface area contributed by atoms with Crippen LogP contribution in [-0.4, -0.2) is 26.9 Å². The highest BCUT2D eigenvalue weighted by molar-refractivity contribution is 9.10. The maximum absolute atomic E-state index is 5.48. The Hall–Kier alpha value is -0.740. The minimum absolute atomic E-state index is 0.718. The van der Waals surface area contributed by atoms with Crippen LogP contribution < -0.4 is 10.1 Å². The average molecular weight is 302 g/mol. The second-order valence-corrected chi connectivity index (χ2v) is 4.65. The van der Waals surface area contributed by atoms with Crippen LogP contribution in [0.25, 0.3) is 0 Å². The Morgan fingerprint density at radius 3 is 2.82 bits per heavy atom. The molecule has 1 aromatic carbocycles. The van der Waals surface area contributed by atoms with E-state index in [9.17, 15) is 0 Å². The Kier molecular flexibility index (Phi) is 7.05. The summed E-state index contributed by atoms with van der Waals surface area (Å²) in [5.41, 5.74) is 0.987.